The highest BCUT2D eigenvalue weighted by Gasteiger charge is 2.16. The molecule has 0 aromatic carbocycles. The van der Waals surface area contributed by atoms with Gasteiger partial charge in [-0.2, -0.15) is 0 Å². The van der Waals surface area contributed by atoms with Crippen molar-refractivity contribution >= 4 is 11.5 Å². The van der Waals surface area contributed by atoms with Crippen molar-refractivity contribution in [2.75, 3.05) is 11.9 Å². The Kier molecular flexibility index (Phi) is 3.43. The number of aliphatic hydroxyl groups excluding tert-OH is 1. The Hall–Kier alpha value is -2.14. The zero-order valence-electron chi connectivity index (χ0n) is 10.1. The molecule has 0 bridgehead atoms. The highest BCUT2D eigenvalue weighted by Crippen LogP contribution is 2.17. The summed E-state index contributed by atoms with van der Waals surface area (Å²) in [5, 5.41) is 12.7. The summed E-state index contributed by atoms with van der Waals surface area (Å²) >= 11 is 0. The van der Waals surface area contributed by atoms with E-state index in [1.54, 1.807) is 37.4 Å². The molecule has 2 aromatic heterocycles. The molecular formula is C13H15N3O2. The number of aliphatic hydroxyl groups is 1. The van der Waals surface area contributed by atoms with E-state index >= 15 is 0 Å². The van der Waals surface area contributed by atoms with Crippen LogP contribution in [0.3, 0.4) is 0 Å². The lowest BCUT2D eigenvalue weighted by atomic mass is 10.2. The van der Waals surface area contributed by atoms with Gasteiger partial charge in [0.05, 0.1) is 11.7 Å². The minimum Gasteiger partial charge on any atom is -0.388 e. The summed E-state index contributed by atoms with van der Waals surface area (Å²) in [6, 6.07) is 5.30. The van der Waals surface area contributed by atoms with E-state index in [0.717, 1.165) is 0 Å². The van der Waals surface area contributed by atoms with Crippen LogP contribution in [-0.4, -0.2) is 21.0 Å². The van der Waals surface area contributed by atoms with Crippen LogP contribution in [0.25, 0.3) is 5.65 Å². The van der Waals surface area contributed by atoms with Gasteiger partial charge in [0, 0.05) is 12.7 Å². The Labute approximate surface area is 104 Å². The van der Waals surface area contributed by atoms with Crippen LogP contribution in [0.15, 0.2) is 41.8 Å². The van der Waals surface area contributed by atoms with Gasteiger partial charge in [-0.3, -0.25) is 9.20 Å². The molecule has 18 heavy (non-hydrogen) atoms. The first-order chi connectivity index (χ1) is 8.65. The van der Waals surface area contributed by atoms with Crippen LogP contribution in [0.2, 0.25) is 0 Å². The zero-order chi connectivity index (χ0) is 13.1. The molecule has 0 aliphatic heterocycles. The van der Waals surface area contributed by atoms with Crippen molar-refractivity contribution < 1.29 is 5.11 Å². The van der Waals surface area contributed by atoms with Crippen LogP contribution in [0, 0.1) is 0 Å². The van der Waals surface area contributed by atoms with Gasteiger partial charge in [0.1, 0.15) is 11.5 Å². The summed E-state index contributed by atoms with van der Waals surface area (Å²) in [5.74, 6) is 0.404. The van der Waals surface area contributed by atoms with Crippen LogP contribution in [0.1, 0.15) is 18.6 Å². The third-order valence-electron chi connectivity index (χ3n) is 2.60. The number of nitrogens with one attached hydrogen (secondary N) is 1. The van der Waals surface area contributed by atoms with Gasteiger partial charge in [-0.15, -0.1) is 6.58 Å². The molecule has 5 heteroatoms. The van der Waals surface area contributed by atoms with Gasteiger partial charge < -0.3 is 10.4 Å². The Morgan fingerprint density at radius 3 is 3.06 bits per heavy atom. The Morgan fingerprint density at radius 1 is 1.61 bits per heavy atom. The van der Waals surface area contributed by atoms with Crippen molar-refractivity contribution in [3.8, 4) is 0 Å². The maximum absolute atomic E-state index is 12.3. The summed E-state index contributed by atoms with van der Waals surface area (Å²) < 4.78 is 1.42. The first kappa shape index (κ1) is 12.3. The minimum absolute atomic E-state index is 0.262. The lowest BCUT2D eigenvalue weighted by Crippen LogP contribution is -2.24. The molecule has 0 amide bonds. The molecule has 0 spiro atoms. The third kappa shape index (κ3) is 2.12. The predicted molar refractivity (Wildman–Crippen MR) is 70.8 cm³/mol. The molecule has 1 atom stereocenters. The normalized spacial score (nSPS) is 12.3. The van der Waals surface area contributed by atoms with Crippen LogP contribution in [-0.2, 0) is 0 Å². The first-order valence-electron chi connectivity index (χ1n) is 5.69. The zero-order valence-corrected chi connectivity index (χ0v) is 10.1. The quantitative estimate of drug-likeness (QED) is 0.798. The van der Waals surface area contributed by atoms with Crippen LogP contribution in [0.5, 0.6) is 0 Å². The molecule has 0 saturated carbocycles. The standard InChI is InChI=1S/C13H15N3O2/c1-3-7-14-12-11(9(2)17)13(18)16-8-5-4-6-10(16)15-12/h3-6,8-9,14,17H,1,7H2,2H3. The summed E-state index contributed by atoms with van der Waals surface area (Å²) in [5.41, 5.74) is 0.543. The number of pyridine rings is 1. The average Bonchev–Trinajstić information content (AvgIpc) is 2.36. The Balaban J connectivity index is 2.70. The molecule has 2 aromatic rings. The van der Waals surface area contributed by atoms with Gasteiger partial charge in [-0.1, -0.05) is 12.1 Å². The van der Waals surface area contributed by atoms with E-state index in [2.05, 4.69) is 16.9 Å². The topological polar surface area (TPSA) is 66.6 Å². The molecule has 0 fully saturated rings. The molecule has 0 aliphatic rings. The second kappa shape index (κ2) is 5.01. The molecule has 2 rings (SSSR count). The second-order valence-electron chi connectivity index (χ2n) is 3.95. The lowest BCUT2D eigenvalue weighted by molar-refractivity contribution is 0.198. The van der Waals surface area contributed by atoms with Gasteiger partial charge in [0.25, 0.3) is 5.56 Å². The lowest BCUT2D eigenvalue weighted by Gasteiger charge is -2.13. The molecule has 0 radical (unpaired) electrons. The van der Waals surface area contributed by atoms with Crippen LogP contribution >= 0.6 is 0 Å². The SMILES string of the molecule is C=CCNc1nc2ccccn2c(=O)c1C(C)O. The molecule has 0 saturated heterocycles. The molecule has 5 nitrogen and oxygen atoms in total. The van der Waals surface area contributed by atoms with Crippen molar-refractivity contribution in [2.45, 2.75) is 13.0 Å². The molecule has 94 valence electrons. The van der Waals surface area contributed by atoms with E-state index in [1.807, 2.05) is 0 Å². The maximum atomic E-state index is 12.3. The Morgan fingerprint density at radius 2 is 2.39 bits per heavy atom. The monoisotopic (exact) mass is 245 g/mol. The molecular weight excluding hydrogens is 230 g/mol. The largest absolute Gasteiger partial charge is 0.388 e. The number of nitrogens with zero attached hydrogens (tertiary/aromatic N) is 2. The third-order valence-corrected chi connectivity index (χ3v) is 2.60. The van der Waals surface area contributed by atoms with Crippen molar-refractivity contribution in [1.82, 2.24) is 9.38 Å². The average molecular weight is 245 g/mol. The first-order valence-corrected chi connectivity index (χ1v) is 5.69. The minimum atomic E-state index is -0.880. The Bertz CT molecular complexity index is 632. The molecule has 0 aliphatic carbocycles. The second-order valence-corrected chi connectivity index (χ2v) is 3.95. The van der Waals surface area contributed by atoms with Gasteiger partial charge >= 0.3 is 0 Å². The van der Waals surface area contributed by atoms with Gasteiger partial charge in [0.2, 0.25) is 0 Å². The van der Waals surface area contributed by atoms with Crippen molar-refractivity contribution in [3.63, 3.8) is 0 Å². The number of aromatic nitrogens is 2. The summed E-state index contributed by atoms with van der Waals surface area (Å²) in [6.07, 6.45) is 2.42. The molecule has 1 unspecified atom stereocenters. The van der Waals surface area contributed by atoms with Crippen molar-refractivity contribution in [3.05, 3.63) is 53.0 Å². The van der Waals surface area contributed by atoms with E-state index in [-0.39, 0.29) is 11.1 Å². The summed E-state index contributed by atoms with van der Waals surface area (Å²) in [4.78, 5) is 16.6. The van der Waals surface area contributed by atoms with Crippen LogP contribution in [0.4, 0.5) is 5.82 Å². The predicted octanol–water partition coefficient (Wildman–Crippen LogP) is 1.35. The number of fused-ring (bicyclic) bond motifs is 1. The van der Waals surface area contributed by atoms with E-state index in [9.17, 15) is 9.90 Å². The van der Waals surface area contributed by atoms with Crippen LogP contribution < -0.4 is 10.9 Å². The van der Waals surface area contributed by atoms with E-state index < -0.39 is 6.10 Å². The van der Waals surface area contributed by atoms with E-state index in [4.69, 9.17) is 0 Å². The number of hydrogen-bond donors (Lipinski definition) is 2. The van der Waals surface area contributed by atoms with E-state index in [0.29, 0.717) is 18.0 Å². The number of hydrogen-bond acceptors (Lipinski definition) is 4. The fourth-order valence-corrected chi connectivity index (χ4v) is 1.78. The number of rotatable bonds is 4. The smallest absolute Gasteiger partial charge is 0.265 e. The van der Waals surface area contributed by atoms with Gasteiger partial charge in [0.15, 0.2) is 0 Å². The highest BCUT2D eigenvalue weighted by atomic mass is 16.3. The molecule has 2 N–H and O–H groups in total. The summed E-state index contributed by atoms with van der Waals surface area (Å²) in [6.45, 7) is 5.63. The highest BCUT2D eigenvalue weighted by molar-refractivity contribution is 5.52. The molecule has 2 heterocycles. The maximum Gasteiger partial charge on any atom is 0.265 e. The van der Waals surface area contributed by atoms with E-state index in [1.165, 1.54) is 4.40 Å². The van der Waals surface area contributed by atoms with Gasteiger partial charge in [-0.25, -0.2) is 4.98 Å². The fourth-order valence-electron chi connectivity index (χ4n) is 1.78. The van der Waals surface area contributed by atoms with Gasteiger partial charge in [-0.05, 0) is 19.1 Å². The summed E-state index contributed by atoms with van der Waals surface area (Å²) in [7, 11) is 0. The van der Waals surface area contributed by atoms with Crippen molar-refractivity contribution in [2.24, 2.45) is 0 Å². The number of anilines is 1. The fraction of sp³-hybridized carbons (Fsp3) is 0.231. The van der Waals surface area contributed by atoms with Crippen molar-refractivity contribution in [1.29, 1.82) is 0 Å².